The van der Waals surface area contributed by atoms with Crippen LogP contribution in [0.5, 0.6) is 0 Å². The fraction of sp³-hybridized carbons (Fsp3) is 0.643. The second kappa shape index (κ2) is 6.61. The molecule has 1 aliphatic rings. The van der Waals surface area contributed by atoms with Crippen LogP contribution in [0.1, 0.15) is 30.8 Å². The van der Waals surface area contributed by atoms with Gasteiger partial charge >= 0.3 is 0 Å². The minimum atomic E-state index is -0.312. The van der Waals surface area contributed by atoms with Crippen LogP contribution in [0, 0.1) is 0 Å². The smallest absolute Gasteiger partial charge is 0.270 e. The van der Waals surface area contributed by atoms with Crippen LogP contribution in [0.2, 0.25) is 5.02 Å². The highest BCUT2D eigenvalue weighted by Crippen LogP contribution is 2.19. The molecule has 0 aliphatic carbocycles. The zero-order valence-electron chi connectivity index (χ0n) is 11.9. The predicted molar refractivity (Wildman–Crippen MR) is 77.1 cm³/mol. The molecule has 0 aromatic carbocycles. The number of halogens is 1. The molecule has 0 saturated carbocycles. The summed E-state index contributed by atoms with van der Waals surface area (Å²) in [5.74, 6) is -0.0565. The summed E-state index contributed by atoms with van der Waals surface area (Å²) >= 11 is 6.01. The first kappa shape index (κ1) is 15.4. The summed E-state index contributed by atoms with van der Waals surface area (Å²) < 4.78 is 7.45. The molecular weight excluding hydrogens is 280 g/mol. The standard InChI is InChI=1S/C14H21ClN2O3/c1-3-4-16-7-11(15)5-13(16)14(19)17-6-10(2)20-12(8-17)9-18/h5,7,10,12,18H,3-4,6,8-9H2,1-2H3. The number of aromatic nitrogens is 1. The fourth-order valence-corrected chi connectivity index (χ4v) is 2.77. The van der Waals surface area contributed by atoms with E-state index in [9.17, 15) is 9.90 Å². The first-order valence-electron chi connectivity index (χ1n) is 6.96. The summed E-state index contributed by atoms with van der Waals surface area (Å²) in [6, 6.07) is 1.70. The number of ether oxygens (including phenoxy) is 1. The molecule has 1 amide bonds. The quantitative estimate of drug-likeness (QED) is 0.922. The Morgan fingerprint density at radius 1 is 1.55 bits per heavy atom. The molecule has 2 rings (SSSR count). The first-order valence-corrected chi connectivity index (χ1v) is 7.34. The van der Waals surface area contributed by atoms with Crippen molar-refractivity contribution in [3.05, 3.63) is 23.0 Å². The number of aryl methyl sites for hydroxylation is 1. The largest absolute Gasteiger partial charge is 0.394 e. The van der Waals surface area contributed by atoms with E-state index in [0.29, 0.717) is 23.8 Å². The maximum absolute atomic E-state index is 12.6. The van der Waals surface area contributed by atoms with Crippen LogP contribution >= 0.6 is 11.6 Å². The van der Waals surface area contributed by atoms with Crippen molar-refractivity contribution in [2.24, 2.45) is 0 Å². The minimum absolute atomic E-state index is 0.0565. The Hall–Kier alpha value is -1.04. The lowest BCUT2D eigenvalue weighted by Gasteiger charge is -2.36. The van der Waals surface area contributed by atoms with Gasteiger partial charge in [-0.3, -0.25) is 4.79 Å². The number of morpholine rings is 1. The average Bonchev–Trinajstić information content (AvgIpc) is 2.78. The van der Waals surface area contributed by atoms with E-state index in [2.05, 4.69) is 6.92 Å². The van der Waals surface area contributed by atoms with Gasteiger partial charge in [0.15, 0.2) is 0 Å². The van der Waals surface area contributed by atoms with Crippen LogP contribution in [-0.2, 0) is 11.3 Å². The average molecular weight is 301 g/mol. The minimum Gasteiger partial charge on any atom is -0.394 e. The van der Waals surface area contributed by atoms with Gasteiger partial charge in [-0.1, -0.05) is 18.5 Å². The first-order chi connectivity index (χ1) is 9.55. The second-order valence-electron chi connectivity index (χ2n) is 5.20. The van der Waals surface area contributed by atoms with E-state index in [-0.39, 0.29) is 24.7 Å². The van der Waals surface area contributed by atoms with E-state index in [4.69, 9.17) is 16.3 Å². The third-order valence-corrected chi connectivity index (χ3v) is 3.57. The monoisotopic (exact) mass is 300 g/mol. The van der Waals surface area contributed by atoms with Crippen molar-refractivity contribution >= 4 is 17.5 Å². The molecule has 112 valence electrons. The molecule has 1 aliphatic heterocycles. The van der Waals surface area contributed by atoms with E-state index in [1.165, 1.54) is 0 Å². The Labute approximate surface area is 124 Å². The molecule has 1 N–H and O–H groups in total. The van der Waals surface area contributed by atoms with Crippen LogP contribution in [0.3, 0.4) is 0 Å². The normalized spacial score (nSPS) is 23.1. The highest BCUT2D eigenvalue weighted by molar-refractivity contribution is 6.31. The summed E-state index contributed by atoms with van der Waals surface area (Å²) in [6.07, 6.45) is 2.33. The van der Waals surface area contributed by atoms with Crippen LogP contribution in [0.15, 0.2) is 12.3 Å². The van der Waals surface area contributed by atoms with Gasteiger partial charge in [-0.05, 0) is 19.4 Å². The van der Waals surface area contributed by atoms with E-state index in [1.807, 2.05) is 11.5 Å². The topological polar surface area (TPSA) is 54.7 Å². The van der Waals surface area contributed by atoms with Crippen molar-refractivity contribution in [1.29, 1.82) is 0 Å². The summed E-state index contributed by atoms with van der Waals surface area (Å²) in [5, 5.41) is 9.80. The molecule has 0 radical (unpaired) electrons. The molecule has 0 bridgehead atoms. The zero-order valence-corrected chi connectivity index (χ0v) is 12.6. The molecule has 2 unspecified atom stereocenters. The Morgan fingerprint density at radius 2 is 2.30 bits per heavy atom. The van der Waals surface area contributed by atoms with Gasteiger partial charge in [0.25, 0.3) is 5.91 Å². The predicted octanol–water partition coefficient (Wildman–Crippen LogP) is 1.77. The molecule has 1 aromatic rings. The van der Waals surface area contributed by atoms with E-state index in [0.717, 1.165) is 13.0 Å². The van der Waals surface area contributed by atoms with Crippen LogP contribution in [-0.4, -0.2) is 52.4 Å². The maximum atomic E-state index is 12.6. The van der Waals surface area contributed by atoms with Crippen molar-refractivity contribution in [2.75, 3.05) is 19.7 Å². The van der Waals surface area contributed by atoms with Crippen molar-refractivity contribution in [2.45, 2.75) is 39.0 Å². The second-order valence-corrected chi connectivity index (χ2v) is 5.63. The summed E-state index contributed by atoms with van der Waals surface area (Å²) in [5.41, 5.74) is 0.600. The number of hydrogen-bond donors (Lipinski definition) is 1. The number of aliphatic hydroxyl groups excluding tert-OH is 1. The van der Waals surface area contributed by atoms with Crippen LogP contribution in [0.4, 0.5) is 0 Å². The number of carbonyl (C=O) groups excluding carboxylic acids is 1. The van der Waals surface area contributed by atoms with Crippen molar-refractivity contribution < 1.29 is 14.6 Å². The molecule has 20 heavy (non-hydrogen) atoms. The molecular formula is C14H21ClN2O3. The molecule has 6 heteroatoms. The van der Waals surface area contributed by atoms with E-state index in [1.54, 1.807) is 17.2 Å². The van der Waals surface area contributed by atoms with Crippen molar-refractivity contribution in [3.63, 3.8) is 0 Å². The molecule has 2 heterocycles. The van der Waals surface area contributed by atoms with Crippen molar-refractivity contribution in [3.8, 4) is 0 Å². The third kappa shape index (κ3) is 3.34. The molecule has 1 fully saturated rings. The number of nitrogens with zero attached hydrogens (tertiary/aromatic N) is 2. The highest BCUT2D eigenvalue weighted by atomic mass is 35.5. The van der Waals surface area contributed by atoms with Crippen LogP contribution < -0.4 is 0 Å². The van der Waals surface area contributed by atoms with Gasteiger partial charge in [0.05, 0.1) is 23.8 Å². The van der Waals surface area contributed by atoms with Crippen LogP contribution in [0.25, 0.3) is 0 Å². The third-order valence-electron chi connectivity index (χ3n) is 3.36. The lowest BCUT2D eigenvalue weighted by atomic mass is 10.2. The SMILES string of the molecule is CCCn1cc(Cl)cc1C(=O)N1CC(C)OC(CO)C1. The molecule has 1 aromatic heterocycles. The van der Waals surface area contributed by atoms with Gasteiger partial charge in [0.2, 0.25) is 0 Å². The molecule has 5 nitrogen and oxygen atoms in total. The Kier molecular flexibility index (Phi) is 5.07. The van der Waals surface area contributed by atoms with Gasteiger partial charge in [0.1, 0.15) is 5.69 Å². The molecule has 1 saturated heterocycles. The lowest BCUT2D eigenvalue weighted by Crippen LogP contribution is -2.50. The highest BCUT2D eigenvalue weighted by Gasteiger charge is 2.29. The van der Waals surface area contributed by atoms with E-state index < -0.39 is 0 Å². The maximum Gasteiger partial charge on any atom is 0.270 e. The van der Waals surface area contributed by atoms with Gasteiger partial charge in [-0.2, -0.15) is 0 Å². The number of hydrogen-bond acceptors (Lipinski definition) is 3. The lowest BCUT2D eigenvalue weighted by molar-refractivity contribution is -0.0860. The fourth-order valence-electron chi connectivity index (χ4n) is 2.55. The van der Waals surface area contributed by atoms with Gasteiger partial charge in [0, 0.05) is 25.8 Å². The summed E-state index contributed by atoms with van der Waals surface area (Å²) in [4.78, 5) is 14.4. The summed E-state index contributed by atoms with van der Waals surface area (Å²) in [7, 11) is 0. The molecule has 0 spiro atoms. The van der Waals surface area contributed by atoms with Gasteiger partial charge in [-0.25, -0.2) is 0 Å². The number of rotatable bonds is 4. The zero-order chi connectivity index (χ0) is 14.7. The van der Waals surface area contributed by atoms with Gasteiger partial charge in [-0.15, -0.1) is 0 Å². The summed E-state index contributed by atoms with van der Waals surface area (Å²) in [6.45, 7) is 5.59. The van der Waals surface area contributed by atoms with Gasteiger partial charge < -0.3 is 19.3 Å². The Morgan fingerprint density at radius 3 is 2.95 bits per heavy atom. The number of amides is 1. The number of carbonyl (C=O) groups is 1. The molecule has 2 atom stereocenters. The van der Waals surface area contributed by atoms with E-state index >= 15 is 0 Å². The van der Waals surface area contributed by atoms with Crippen molar-refractivity contribution in [1.82, 2.24) is 9.47 Å². The Balaban J connectivity index is 2.17. The Bertz CT molecular complexity index is 475. The number of aliphatic hydroxyl groups is 1.